The van der Waals surface area contributed by atoms with E-state index in [9.17, 15) is 5.11 Å². The van der Waals surface area contributed by atoms with Crippen LogP contribution in [-0.2, 0) is 18.9 Å². The Balaban J connectivity index is 1.47. The van der Waals surface area contributed by atoms with Crippen LogP contribution in [0, 0.1) is 28.6 Å². The molecule has 0 aromatic rings. The number of ether oxygens (including phenoxy) is 4. The van der Waals surface area contributed by atoms with Gasteiger partial charge >= 0.3 is 0 Å². The summed E-state index contributed by atoms with van der Waals surface area (Å²) in [6.45, 7) is 7.97. The fraction of sp³-hybridized carbons (Fsp3) is 1.00. The first-order valence-corrected chi connectivity index (χ1v) is 11.2. The first kappa shape index (κ1) is 18.8. The van der Waals surface area contributed by atoms with Crippen LogP contribution >= 0.6 is 0 Å². The van der Waals surface area contributed by atoms with Crippen LogP contribution in [0.2, 0.25) is 0 Å². The third kappa shape index (κ3) is 2.35. The number of rotatable bonds is 3. The first-order chi connectivity index (χ1) is 13.0. The Hall–Kier alpha value is -0.200. The van der Waals surface area contributed by atoms with Gasteiger partial charge in [0.15, 0.2) is 11.6 Å². The van der Waals surface area contributed by atoms with E-state index in [1.165, 1.54) is 19.3 Å². The molecule has 2 spiro atoms. The fourth-order valence-corrected chi connectivity index (χ4v) is 8.04. The van der Waals surface area contributed by atoms with Crippen LogP contribution in [0.4, 0.5) is 0 Å². The zero-order valence-electron chi connectivity index (χ0n) is 17.0. The lowest BCUT2D eigenvalue weighted by Gasteiger charge is -2.61. The molecule has 27 heavy (non-hydrogen) atoms. The van der Waals surface area contributed by atoms with Crippen molar-refractivity contribution in [2.75, 3.05) is 33.0 Å². The molecule has 5 unspecified atom stereocenters. The van der Waals surface area contributed by atoms with Gasteiger partial charge in [0.25, 0.3) is 0 Å². The van der Waals surface area contributed by atoms with E-state index in [4.69, 9.17) is 18.9 Å². The molecule has 0 aromatic heterocycles. The maximum Gasteiger partial charge on any atom is 0.174 e. The van der Waals surface area contributed by atoms with E-state index in [-0.39, 0.29) is 23.2 Å². The highest BCUT2D eigenvalue weighted by atomic mass is 16.7. The summed E-state index contributed by atoms with van der Waals surface area (Å²) in [4.78, 5) is 0. The Morgan fingerprint density at radius 1 is 0.778 bits per heavy atom. The van der Waals surface area contributed by atoms with Crippen molar-refractivity contribution in [3.05, 3.63) is 0 Å². The molecule has 0 amide bonds. The molecule has 3 saturated carbocycles. The molecule has 0 aromatic carbocycles. The molecule has 5 aliphatic rings. The SMILES string of the molecule is CC1(CCCO)C2CCC3(C)C(CCC34OCCO4)C2CCC12OCCO2. The van der Waals surface area contributed by atoms with Gasteiger partial charge in [-0.15, -0.1) is 0 Å². The molecule has 154 valence electrons. The minimum absolute atomic E-state index is 0.0242. The van der Waals surface area contributed by atoms with Crippen molar-refractivity contribution < 1.29 is 24.1 Å². The summed E-state index contributed by atoms with van der Waals surface area (Å²) in [6.07, 6.45) is 8.56. The summed E-state index contributed by atoms with van der Waals surface area (Å²) in [6, 6.07) is 0. The summed E-state index contributed by atoms with van der Waals surface area (Å²) in [5.41, 5.74) is 0.105. The van der Waals surface area contributed by atoms with Crippen LogP contribution in [0.5, 0.6) is 0 Å². The van der Waals surface area contributed by atoms with Crippen molar-refractivity contribution in [3.63, 3.8) is 0 Å². The Labute approximate surface area is 163 Å². The van der Waals surface area contributed by atoms with E-state index < -0.39 is 5.79 Å². The number of aliphatic hydroxyl groups is 1. The van der Waals surface area contributed by atoms with E-state index in [1.54, 1.807) is 0 Å². The van der Waals surface area contributed by atoms with E-state index in [1.807, 2.05) is 0 Å². The van der Waals surface area contributed by atoms with Crippen molar-refractivity contribution in [1.29, 1.82) is 0 Å². The van der Waals surface area contributed by atoms with Crippen LogP contribution in [0.1, 0.15) is 65.2 Å². The monoisotopic (exact) mass is 380 g/mol. The van der Waals surface area contributed by atoms with Crippen LogP contribution in [-0.4, -0.2) is 49.7 Å². The minimum atomic E-state index is -0.437. The molecule has 5 nitrogen and oxygen atoms in total. The third-order valence-electron chi connectivity index (χ3n) is 9.34. The van der Waals surface area contributed by atoms with Crippen molar-refractivity contribution in [2.24, 2.45) is 28.6 Å². The average molecular weight is 381 g/mol. The molecule has 2 heterocycles. The zero-order chi connectivity index (χ0) is 18.8. The standard InChI is InChI=1S/C22H36O5/c1-19(7-3-11-23)17-5-8-20(2)18(6-10-22(20)26-14-15-27-22)16(17)4-9-21(19)24-12-13-25-21/h16-18,23H,3-15H2,1-2H3. The summed E-state index contributed by atoms with van der Waals surface area (Å²) >= 11 is 0. The van der Waals surface area contributed by atoms with Gasteiger partial charge in [0.1, 0.15) is 0 Å². The molecule has 0 bridgehead atoms. The third-order valence-corrected chi connectivity index (χ3v) is 9.34. The normalized spacial score (nSPS) is 47.4. The number of fused-ring (bicyclic) bond motifs is 4. The molecule has 0 radical (unpaired) electrons. The smallest absolute Gasteiger partial charge is 0.174 e. The Morgan fingerprint density at radius 3 is 2.04 bits per heavy atom. The summed E-state index contributed by atoms with van der Waals surface area (Å²) in [5, 5.41) is 9.55. The maximum atomic E-state index is 9.55. The van der Waals surface area contributed by atoms with E-state index in [0.29, 0.717) is 31.0 Å². The van der Waals surface area contributed by atoms with Gasteiger partial charge in [-0.05, 0) is 56.3 Å². The van der Waals surface area contributed by atoms with E-state index in [2.05, 4.69) is 13.8 Å². The second-order valence-corrected chi connectivity index (χ2v) is 10.1. The Morgan fingerprint density at radius 2 is 1.37 bits per heavy atom. The number of hydrogen-bond acceptors (Lipinski definition) is 5. The van der Waals surface area contributed by atoms with Gasteiger partial charge in [0.05, 0.1) is 26.4 Å². The van der Waals surface area contributed by atoms with Crippen LogP contribution in [0.15, 0.2) is 0 Å². The van der Waals surface area contributed by atoms with Crippen molar-refractivity contribution >= 4 is 0 Å². The molecule has 2 saturated heterocycles. The van der Waals surface area contributed by atoms with Gasteiger partial charge in [-0.1, -0.05) is 13.8 Å². The lowest BCUT2D eigenvalue weighted by molar-refractivity contribution is -0.302. The lowest BCUT2D eigenvalue weighted by atomic mass is 9.47. The second kappa shape index (κ2) is 6.40. The van der Waals surface area contributed by atoms with Gasteiger partial charge in [-0.2, -0.15) is 0 Å². The van der Waals surface area contributed by atoms with Gasteiger partial charge in [0.2, 0.25) is 0 Å². The summed E-state index contributed by atoms with van der Waals surface area (Å²) in [7, 11) is 0. The van der Waals surface area contributed by atoms with Crippen LogP contribution in [0.3, 0.4) is 0 Å². The van der Waals surface area contributed by atoms with Crippen LogP contribution in [0.25, 0.3) is 0 Å². The molecule has 5 atom stereocenters. The molecule has 1 N–H and O–H groups in total. The second-order valence-electron chi connectivity index (χ2n) is 10.1. The quantitative estimate of drug-likeness (QED) is 0.812. The zero-order valence-corrected chi connectivity index (χ0v) is 17.0. The van der Waals surface area contributed by atoms with Crippen molar-refractivity contribution in [2.45, 2.75) is 76.8 Å². The molecular formula is C22H36O5. The van der Waals surface area contributed by atoms with Gasteiger partial charge in [-0.3, -0.25) is 0 Å². The van der Waals surface area contributed by atoms with Crippen molar-refractivity contribution in [3.8, 4) is 0 Å². The number of aliphatic hydroxyl groups excluding tert-OH is 1. The lowest BCUT2D eigenvalue weighted by Crippen LogP contribution is -2.62. The predicted molar refractivity (Wildman–Crippen MR) is 100.0 cm³/mol. The average Bonchev–Trinajstić information content (AvgIpc) is 3.39. The molecule has 3 aliphatic carbocycles. The molecule has 5 rings (SSSR count). The highest BCUT2D eigenvalue weighted by Crippen LogP contribution is 2.69. The Bertz CT molecular complexity index is 567. The Kier molecular flexibility index (Phi) is 4.46. The minimum Gasteiger partial charge on any atom is -0.396 e. The van der Waals surface area contributed by atoms with Gasteiger partial charge in [-0.25, -0.2) is 0 Å². The van der Waals surface area contributed by atoms with E-state index >= 15 is 0 Å². The maximum absolute atomic E-state index is 9.55. The summed E-state index contributed by atoms with van der Waals surface area (Å²) < 4.78 is 25.2. The highest BCUT2D eigenvalue weighted by molar-refractivity contribution is 5.14. The molecule has 5 heteroatoms. The van der Waals surface area contributed by atoms with Crippen molar-refractivity contribution in [1.82, 2.24) is 0 Å². The predicted octanol–water partition coefficient (Wildman–Crippen LogP) is 3.49. The molecular weight excluding hydrogens is 344 g/mol. The van der Waals surface area contributed by atoms with Gasteiger partial charge < -0.3 is 24.1 Å². The topological polar surface area (TPSA) is 57.2 Å². The molecule has 2 aliphatic heterocycles. The fourth-order valence-electron chi connectivity index (χ4n) is 8.04. The van der Waals surface area contributed by atoms with Crippen LogP contribution < -0.4 is 0 Å². The summed E-state index contributed by atoms with van der Waals surface area (Å²) in [5.74, 6) is 1.15. The first-order valence-electron chi connectivity index (χ1n) is 11.2. The van der Waals surface area contributed by atoms with Gasteiger partial charge in [0, 0.05) is 30.3 Å². The molecule has 5 fully saturated rings. The largest absolute Gasteiger partial charge is 0.396 e. The number of hydrogen-bond donors (Lipinski definition) is 1. The highest BCUT2D eigenvalue weighted by Gasteiger charge is 2.69. The van der Waals surface area contributed by atoms with E-state index in [0.717, 1.165) is 45.3 Å².